The van der Waals surface area contributed by atoms with E-state index in [1.807, 2.05) is 76.2 Å². The number of amides is 6. The number of hydrogen-bond donors (Lipinski definition) is 6. The molecule has 20 nitrogen and oxygen atoms in total. The second-order valence-electron chi connectivity index (χ2n) is 23.1. The molecule has 0 heterocycles. The lowest BCUT2D eigenvalue weighted by Crippen LogP contribution is -2.43. The van der Waals surface area contributed by atoms with E-state index in [1.165, 1.54) is 48.5 Å². The minimum atomic E-state index is -1.17. The smallest absolute Gasteiger partial charge is 0.338 e. The maximum Gasteiger partial charge on any atom is 0.338 e. The monoisotopic (exact) mass is 1070 g/mol. The number of carbonyl (C=O) groups excluding carboxylic acids is 8. The van der Waals surface area contributed by atoms with Crippen LogP contribution in [0.25, 0.3) is 0 Å². The van der Waals surface area contributed by atoms with E-state index in [0.717, 1.165) is 0 Å². The fourth-order valence-corrected chi connectivity index (χ4v) is 7.11. The Morgan fingerprint density at radius 1 is 0.434 bits per heavy atom. The van der Waals surface area contributed by atoms with Gasteiger partial charge in [0.25, 0.3) is 35.4 Å². The minimum Gasteiger partial charge on any atom is -0.458 e. The summed E-state index contributed by atoms with van der Waals surface area (Å²) in [5.74, 6) is -4.58. The van der Waals surface area contributed by atoms with Crippen LogP contribution in [0.1, 0.15) is 191 Å². The van der Waals surface area contributed by atoms with E-state index in [9.17, 15) is 38.4 Å². The molecule has 2 aromatic carbocycles. The number of benzene rings is 2. The summed E-state index contributed by atoms with van der Waals surface area (Å²) in [6.45, 7) is 30.5. The van der Waals surface area contributed by atoms with Gasteiger partial charge >= 0.3 is 11.9 Å². The molecule has 0 aliphatic rings. The van der Waals surface area contributed by atoms with Gasteiger partial charge in [-0.05, 0) is 145 Å². The normalized spacial score (nSPS) is 13.9. The second-order valence-corrected chi connectivity index (χ2v) is 23.1. The topological polar surface area (TPSA) is 264 Å². The number of hydroxylamine groups is 4. The molecule has 2 aromatic rings. The van der Waals surface area contributed by atoms with Crippen molar-refractivity contribution in [2.24, 2.45) is 35.5 Å². The number of hydrogen-bond acceptors (Lipinski definition) is 14. The lowest BCUT2D eigenvalue weighted by Gasteiger charge is -2.29. The molecule has 426 valence electrons. The Kier molecular flexibility index (Phi) is 27.8. The Bertz CT molecular complexity index is 2220. The number of nitrogens with one attached hydrogen (secondary N) is 6. The Hall–Kier alpha value is -5.96. The first-order valence-corrected chi connectivity index (χ1v) is 26.4. The molecule has 0 aromatic heterocycles. The Morgan fingerprint density at radius 2 is 0.750 bits per heavy atom. The van der Waals surface area contributed by atoms with Crippen molar-refractivity contribution in [1.82, 2.24) is 32.6 Å². The fourth-order valence-electron chi connectivity index (χ4n) is 7.11. The van der Waals surface area contributed by atoms with E-state index in [1.54, 1.807) is 34.6 Å². The van der Waals surface area contributed by atoms with Crippen molar-refractivity contribution < 1.29 is 67.2 Å². The molecule has 6 amide bonds. The van der Waals surface area contributed by atoms with Gasteiger partial charge in [-0.25, -0.2) is 31.5 Å². The highest BCUT2D eigenvalue weighted by Crippen LogP contribution is 2.23. The van der Waals surface area contributed by atoms with Crippen molar-refractivity contribution in [3.8, 4) is 0 Å². The third-order valence-electron chi connectivity index (χ3n) is 11.1. The molecule has 0 radical (unpaired) electrons. The van der Waals surface area contributed by atoms with Crippen LogP contribution in [0.5, 0.6) is 0 Å². The molecular weight excluding hydrogens is 981 g/mol. The average molecular weight is 1070 g/mol. The summed E-state index contributed by atoms with van der Waals surface area (Å²) in [6.07, 6.45) is -2.10. The van der Waals surface area contributed by atoms with E-state index in [0.29, 0.717) is 25.8 Å². The molecule has 0 spiro atoms. The van der Waals surface area contributed by atoms with Crippen molar-refractivity contribution >= 4 is 47.4 Å². The predicted molar refractivity (Wildman–Crippen MR) is 285 cm³/mol. The molecule has 1 unspecified atom stereocenters. The summed E-state index contributed by atoms with van der Waals surface area (Å²) in [6, 6.07) is 11.5. The van der Waals surface area contributed by atoms with Crippen LogP contribution in [0.15, 0.2) is 48.5 Å². The highest BCUT2D eigenvalue weighted by Gasteiger charge is 2.32. The molecule has 0 aliphatic carbocycles. The van der Waals surface area contributed by atoms with Crippen molar-refractivity contribution in [3.63, 3.8) is 0 Å². The maximum atomic E-state index is 13.6. The van der Waals surface area contributed by atoms with E-state index < -0.39 is 77.1 Å². The van der Waals surface area contributed by atoms with Gasteiger partial charge in [-0.3, -0.25) is 48.1 Å². The molecule has 5 atom stereocenters. The molecule has 0 aliphatic heterocycles. The quantitative estimate of drug-likeness (QED) is 0.0304. The Labute approximate surface area is 450 Å². The van der Waals surface area contributed by atoms with Crippen LogP contribution in [-0.4, -0.2) is 96.1 Å². The number of rotatable bonds is 32. The third-order valence-corrected chi connectivity index (χ3v) is 11.1. The van der Waals surface area contributed by atoms with Gasteiger partial charge < -0.3 is 20.1 Å². The summed E-state index contributed by atoms with van der Waals surface area (Å²) in [5, 5.41) is 5.73. The van der Waals surface area contributed by atoms with Crippen LogP contribution in [0.2, 0.25) is 0 Å². The number of carbonyl (C=O) groups is 8. The zero-order valence-corrected chi connectivity index (χ0v) is 47.8. The first kappa shape index (κ1) is 66.2. The van der Waals surface area contributed by atoms with Gasteiger partial charge in [0.05, 0.1) is 0 Å². The third kappa shape index (κ3) is 26.2. The van der Waals surface area contributed by atoms with Gasteiger partial charge in [0, 0.05) is 35.3 Å². The van der Waals surface area contributed by atoms with Gasteiger partial charge in [-0.1, -0.05) is 88.3 Å². The molecule has 0 saturated heterocycles. The van der Waals surface area contributed by atoms with Crippen molar-refractivity contribution in [1.29, 1.82) is 0 Å². The minimum absolute atomic E-state index is 0.0174. The second kappa shape index (κ2) is 31.9. The summed E-state index contributed by atoms with van der Waals surface area (Å²) in [5.41, 5.74) is 7.88. The standard InChI is InChI=1S/C56H88N6O14/c1-33(2)25-43(51(67)57-31-37(9)10)73-59-47(63)39-19-17-20-40(29-39)48(64)60-74-44(26-34(3)4)52(68)58-32-38(11)23-24-56(15,16)72-54(70)46(28-36(7)8)76-62-50(66)42-22-18-21-41(30-42)49(65)61-75-45(27-35(5)6)53(69)71-55(12,13)14/h17-22,29-30,33-38,43-46H,23-28,31-32H2,1-16H3,(H,57,67)(H,58,68)(H,59,63)(H,60,64)(H,61,65)(H,62,66)/t38?,43-,44-,45-,46-/m1/s1. The number of ether oxygens (including phenoxy) is 2. The molecule has 76 heavy (non-hydrogen) atoms. The summed E-state index contributed by atoms with van der Waals surface area (Å²) >= 11 is 0. The SMILES string of the molecule is CC(C)CNC(=O)[C@@H](CC(C)C)ONC(=O)c1cccc(C(=O)NO[C@H](CC(C)C)C(=O)NCC(C)CCC(C)(C)OC(=O)[C@@H](CC(C)C)ONC(=O)c2cccc(C(=O)NO[C@H](CC(C)C)C(=O)OC(C)(C)C)c2)c1. The molecule has 2 rings (SSSR count). The lowest BCUT2D eigenvalue weighted by molar-refractivity contribution is -0.176. The lowest BCUT2D eigenvalue weighted by atomic mass is 9.95. The van der Waals surface area contributed by atoms with Crippen LogP contribution in [0.4, 0.5) is 0 Å². The summed E-state index contributed by atoms with van der Waals surface area (Å²) < 4.78 is 11.4. The van der Waals surface area contributed by atoms with Gasteiger partial charge in [0.15, 0.2) is 24.4 Å². The Balaban J connectivity index is 1.97. The molecule has 0 bridgehead atoms. The highest BCUT2D eigenvalue weighted by atomic mass is 16.7. The summed E-state index contributed by atoms with van der Waals surface area (Å²) in [4.78, 5) is 127. The van der Waals surface area contributed by atoms with Crippen molar-refractivity contribution in [2.75, 3.05) is 13.1 Å². The molecular formula is C56H88N6O14. The zero-order valence-electron chi connectivity index (χ0n) is 47.8. The fraction of sp³-hybridized carbons (Fsp3) is 0.643. The highest BCUT2D eigenvalue weighted by molar-refractivity contribution is 6.00. The molecule has 6 N–H and O–H groups in total. The van der Waals surface area contributed by atoms with E-state index >= 15 is 0 Å². The van der Waals surface area contributed by atoms with Crippen LogP contribution in [0, 0.1) is 35.5 Å². The average Bonchev–Trinajstić information content (AvgIpc) is 3.32. The van der Waals surface area contributed by atoms with E-state index in [2.05, 4.69) is 32.6 Å². The molecule has 0 fully saturated rings. The first-order chi connectivity index (χ1) is 35.4. The largest absolute Gasteiger partial charge is 0.458 e. The first-order valence-electron chi connectivity index (χ1n) is 26.4. The Morgan fingerprint density at radius 3 is 1.08 bits per heavy atom. The maximum absolute atomic E-state index is 13.6. The van der Waals surface area contributed by atoms with Crippen LogP contribution >= 0.6 is 0 Å². The van der Waals surface area contributed by atoms with Gasteiger partial charge in [-0.2, -0.15) is 0 Å². The van der Waals surface area contributed by atoms with Crippen molar-refractivity contribution in [3.05, 3.63) is 70.8 Å². The predicted octanol–water partition coefficient (Wildman–Crippen LogP) is 7.66. The van der Waals surface area contributed by atoms with E-state index in [4.69, 9.17) is 28.8 Å². The summed E-state index contributed by atoms with van der Waals surface area (Å²) in [7, 11) is 0. The zero-order chi connectivity index (χ0) is 57.5. The number of esters is 2. The van der Waals surface area contributed by atoms with Crippen LogP contribution in [-0.2, 0) is 48.0 Å². The van der Waals surface area contributed by atoms with E-state index in [-0.39, 0.29) is 89.5 Å². The van der Waals surface area contributed by atoms with Gasteiger partial charge in [0.2, 0.25) is 0 Å². The van der Waals surface area contributed by atoms with Gasteiger partial charge in [0.1, 0.15) is 11.2 Å². The van der Waals surface area contributed by atoms with Crippen LogP contribution < -0.4 is 32.6 Å². The van der Waals surface area contributed by atoms with Gasteiger partial charge in [-0.15, -0.1) is 0 Å². The van der Waals surface area contributed by atoms with Crippen LogP contribution in [0.3, 0.4) is 0 Å². The molecule has 0 saturated carbocycles. The van der Waals surface area contributed by atoms with Crippen molar-refractivity contribution in [2.45, 2.75) is 185 Å². The molecule has 20 heteroatoms.